The van der Waals surface area contributed by atoms with Crippen molar-refractivity contribution in [2.24, 2.45) is 5.73 Å². The van der Waals surface area contributed by atoms with Crippen LogP contribution in [-0.4, -0.2) is 51.4 Å². The predicted octanol–water partition coefficient (Wildman–Crippen LogP) is 2.92. The number of primary amides is 1. The van der Waals surface area contributed by atoms with Crippen molar-refractivity contribution >= 4 is 23.6 Å². The molecule has 12 nitrogen and oxygen atoms in total. The van der Waals surface area contributed by atoms with Crippen LogP contribution in [0.5, 0.6) is 5.75 Å². The lowest BCUT2D eigenvalue weighted by atomic mass is 10.1. The molecule has 1 aromatic heterocycles. The first-order valence-corrected chi connectivity index (χ1v) is 12.1. The number of carbonyl (C=O) groups is 3. The van der Waals surface area contributed by atoms with E-state index in [9.17, 15) is 23.6 Å². The highest BCUT2D eigenvalue weighted by molar-refractivity contribution is 5.98. The van der Waals surface area contributed by atoms with Crippen LogP contribution in [0, 0.1) is 5.82 Å². The maximum Gasteiger partial charge on any atom is 0.377 e. The van der Waals surface area contributed by atoms with Crippen molar-refractivity contribution in [1.29, 1.82) is 0 Å². The number of esters is 1. The van der Waals surface area contributed by atoms with Crippen LogP contribution >= 0.6 is 0 Å². The molecule has 0 fully saturated rings. The number of methoxy groups -OCH3 is 1. The molecule has 0 aliphatic rings. The van der Waals surface area contributed by atoms with Crippen molar-refractivity contribution < 1.29 is 28.2 Å². The molecule has 0 radical (unpaired) electrons. The van der Waals surface area contributed by atoms with Crippen LogP contribution in [0.15, 0.2) is 71.5 Å². The minimum absolute atomic E-state index is 0.0203. The van der Waals surface area contributed by atoms with E-state index in [-0.39, 0.29) is 35.7 Å². The second-order valence-electron chi connectivity index (χ2n) is 8.47. The van der Waals surface area contributed by atoms with E-state index < -0.39 is 35.1 Å². The van der Waals surface area contributed by atoms with E-state index in [1.807, 2.05) is 18.2 Å². The molecule has 13 heteroatoms. The fraction of sp³-hybridized carbons (Fsp3) is 0.185. The summed E-state index contributed by atoms with van der Waals surface area (Å²) in [5.74, 6) is -2.43. The summed E-state index contributed by atoms with van der Waals surface area (Å²) in [6.07, 6.45) is 0.466. The maximum atomic E-state index is 14.6. The van der Waals surface area contributed by atoms with E-state index in [0.717, 1.165) is 11.6 Å². The van der Waals surface area contributed by atoms with Crippen LogP contribution in [0.4, 0.5) is 14.9 Å². The largest absolute Gasteiger partial charge is 0.496 e. The number of hydrogen-bond acceptors (Lipinski definition) is 8. The fourth-order valence-electron chi connectivity index (χ4n) is 3.93. The molecule has 0 saturated carbocycles. The van der Waals surface area contributed by atoms with Crippen molar-refractivity contribution in [2.45, 2.75) is 20.0 Å². The fourth-order valence-corrected chi connectivity index (χ4v) is 3.93. The number of hydrogen-bond donors (Lipinski definition) is 1. The molecule has 2 N–H and O–H groups in total. The topological polar surface area (TPSA) is 152 Å². The van der Waals surface area contributed by atoms with Crippen molar-refractivity contribution in [1.82, 2.24) is 19.8 Å². The van der Waals surface area contributed by atoms with E-state index in [1.54, 1.807) is 19.1 Å². The van der Waals surface area contributed by atoms with E-state index in [0.29, 0.717) is 15.8 Å². The Morgan fingerprint density at radius 1 is 1.00 bits per heavy atom. The number of ether oxygens (including phenoxy) is 2. The molecule has 0 bridgehead atoms. The molecule has 40 heavy (non-hydrogen) atoms. The molecule has 0 spiro atoms. The third-order valence-electron chi connectivity index (χ3n) is 5.83. The zero-order chi connectivity index (χ0) is 28.8. The molecule has 0 aliphatic carbocycles. The van der Waals surface area contributed by atoms with Crippen LogP contribution in [-0.2, 0) is 11.3 Å². The average Bonchev–Trinajstić information content (AvgIpc) is 3.34. The van der Waals surface area contributed by atoms with Gasteiger partial charge in [-0.2, -0.15) is 4.68 Å². The smallest absolute Gasteiger partial charge is 0.377 e. The molecule has 0 unspecified atom stereocenters. The lowest BCUT2D eigenvalue weighted by Crippen LogP contribution is -2.41. The van der Waals surface area contributed by atoms with Crippen molar-refractivity contribution in [3.05, 3.63) is 99.7 Å². The molecule has 0 aliphatic heterocycles. The minimum atomic E-state index is -1.13. The number of nitrogens with zero attached hydrogens (tertiary/aromatic N) is 5. The zero-order valence-corrected chi connectivity index (χ0v) is 21.6. The summed E-state index contributed by atoms with van der Waals surface area (Å²) >= 11 is 0. The first-order valence-electron chi connectivity index (χ1n) is 12.1. The molecule has 0 saturated heterocycles. The van der Waals surface area contributed by atoms with E-state index >= 15 is 0 Å². The summed E-state index contributed by atoms with van der Waals surface area (Å²) in [5.41, 5.74) is 4.41. The van der Waals surface area contributed by atoms with Gasteiger partial charge in [0.25, 0.3) is 5.91 Å². The number of halogens is 1. The van der Waals surface area contributed by atoms with Gasteiger partial charge in [0.1, 0.15) is 29.4 Å². The van der Waals surface area contributed by atoms with Gasteiger partial charge in [-0.3, -0.25) is 9.69 Å². The Labute approximate surface area is 227 Å². The monoisotopic (exact) mass is 548 g/mol. The summed E-state index contributed by atoms with van der Waals surface area (Å²) in [5, 5.41) is 7.21. The number of nitrogens with two attached hydrogens (primary N) is 1. The highest BCUT2D eigenvalue weighted by atomic mass is 19.1. The second-order valence-corrected chi connectivity index (χ2v) is 8.47. The van der Waals surface area contributed by atoms with Gasteiger partial charge in [0, 0.05) is 12.2 Å². The quantitative estimate of drug-likeness (QED) is 0.248. The summed E-state index contributed by atoms with van der Waals surface area (Å²) in [6.45, 7) is 1.94. The zero-order valence-electron chi connectivity index (χ0n) is 21.6. The van der Waals surface area contributed by atoms with E-state index in [2.05, 4.69) is 10.4 Å². The van der Waals surface area contributed by atoms with Gasteiger partial charge in [-0.05, 0) is 52.7 Å². The Bertz CT molecular complexity index is 1620. The van der Waals surface area contributed by atoms with Gasteiger partial charge in [-0.25, -0.2) is 18.8 Å². The molecule has 1 heterocycles. The number of amides is 2. The average molecular weight is 549 g/mol. The second kappa shape index (κ2) is 12.0. The lowest BCUT2D eigenvalue weighted by molar-refractivity contribution is 0.0469. The van der Waals surface area contributed by atoms with Gasteiger partial charge in [0.05, 0.1) is 12.7 Å². The molecular weight excluding hydrogens is 523 g/mol. The predicted molar refractivity (Wildman–Crippen MR) is 141 cm³/mol. The van der Waals surface area contributed by atoms with Crippen LogP contribution in [0.2, 0.25) is 0 Å². The normalized spacial score (nSPS) is 10.7. The van der Waals surface area contributed by atoms with Gasteiger partial charge < -0.3 is 15.2 Å². The van der Waals surface area contributed by atoms with Crippen molar-refractivity contribution in [3.8, 4) is 11.4 Å². The summed E-state index contributed by atoms with van der Waals surface area (Å²) < 4.78 is 26.2. The molecule has 2 amide bonds. The van der Waals surface area contributed by atoms with Gasteiger partial charge in [-0.15, -0.1) is 4.68 Å². The van der Waals surface area contributed by atoms with Crippen LogP contribution in [0.25, 0.3) is 5.69 Å². The third-order valence-corrected chi connectivity index (χ3v) is 5.83. The highest BCUT2D eigenvalue weighted by Gasteiger charge is 2.27. The highest BCUT2D eigenvalue weighted by Crippen LogP contribution is 2.27. The van der Waals surface area contributed by atoms with Crippen LogP contribution < -0.4 is 21.1 Å². The standard InChI is InChI=1S/C27H25FN6O6/c1-3-14-32(18-12-13-22(39-2)20(15-18)25(36)40-16-17-8-5-4-6-9-17)26(37)34-27(38)33(30-31-34)23-19(24(29)35)10-7-11-21(23)28/h4-13,15H,3,14,16H2,1-2H3,(H2,29,35). The summed E-state index contributed by atoms with van der Waals surface area (Å²) in [6, 6.07) is 16.0. The summed E-state index contributed by atoms with van der Waals surface area (Å²) in [7, 11) is 1.39. The van der Waals surface area contributed by atoms with E-state index in [4.69, 9.17) is 15.2 Å². The Hall–Kier alpha value is -5.33. The van der Waals surface area contributed by atoms with Crippen molar-refractivity contribution in [3.63, 3.8) is 0 Å². The minimum Gasteiger partial charge on any atom is -0.496 e. The molecular formula is C27H25FN6O6. The third kappa shape index (κ3) is 5.57. The number of anilines is 1. The Morgan fingerprint density at radius 2 is 1.75 bits per heavy atom. The maximum absolute atomic E-state index is 14.6. The Kier molecular flexibility index (Phi) is 8.33. The van der Waals surface area contributed by atoms with Gasteiger partial charge in [-0.1, -0.05) is 43.3 Å². The molecule has 0 atom stereocenters. The van der Waals surface area contributed by atoms with Gasteiger partial charge >= 0.3 is 17.7 Å². The molecule has 3 aromatic carbocycles. The lowest BCUT2D eigenvalue weighted by Gasteiger charge is -2.22. The summed E-state index contributed by atoms with van der Waals surface area (Å²) in [4.78, 5) is 52.6. The first-order chi connectivity index (χ1) is 19.3. The van der Waals surface area contributed by atoms with Gasteiger partial charge in [0.2, 0.25) is 0 Å². The number of para-hydroxylation sites is 1. The van der Waals surface area contributed by atoms with Gasteiger partial charge in [0.15, 0.2) is 0 Å². The molecule has 4 rings (SSSR count). The number of carbonyl (C=O) groups excluding carboxylic acids is 3. The number of rotatable bonds is 9. The Balaban J connectivity index is 1.68. The number of benzene rings is 3. The Morgan fingerprint density at radius 3 is 2.42 bits per heavy atom. The molecule has 4 aromatic rings. The number of aromatic nitrogens is 4. The van der Waals surface area contributed by atoms with Crippen LogP contribution in [0.1, 0.15) is 39.6 Å². The molecule has 206 valence electrons. The van der Waals surface area contributed by atoms with E-state index in [1.165, 1.54) is 42.3 Å². The van der Waals surface area contributed by atoms with Crippen molar-refractivity contribution in [2.75, 3.05) is 18.6 Å². The van der Waals surface area contributed by atoms with Crippen LogP contribution in [0.3, 0.4) is 0 Å². The number of tetrazole rings is 1. The SMILES string of the molecule is CCCN(C(=O)n1nnn(-c2c(F)cccc2C(N)=O)c1=O)c1ccc(OC)c(C(=O)OCc2ccccc2)c1. The first kappa shape index (κ1) is 27.7.